The number of carbonyl (C=O) groups is 1. The molecule has 3 atom stereocenters. The van der Waals surface area contributed by atoms with Crippen LogP contribution in [0.15, 0.2) is 35.5 Å². The largest absolute Gasteiger partial charge is 0.483 e. The van der Waals surface area contributed by atoms with Crippen molar-refractivity contribution in [2.75, 3.05) is 11.9 Å². The Hall–Kier alpha value is -3.40. The molecule has 1 saturated carbocycles. The van der Waals surface area contributed by atoms with E-state index in [-0.39, 0.29) is 27.9 Å². The number of benzene rings is 1. The van der Waals surface area contributed by atoms with Gasteiger partial charge in [-0.3, -0.25) is 9.79 Å². The van der Waals surface area contributed by atoms with Gasteiger partial charge in [0.2, 0.25) is 0 Å². The Kier molecular flexibility index (Phi) is 5.67. The van der Waals surface area contributed by atoms with Gasteiger partial charge in [0.15, 0.2) is 23.4 Å². The summed E-state index contributed by atoms with van der Waals surface area (Å²) in [5.41, 5.74) is 4.07. The highest BCUT2D eigenvalue weighted by molar-refractivity contribution is 8.15. The smallest absolute Gasteiger partial charge is 0.422 e. The maximum Gasteiger partial charge on any atom is 0.422 e. The van der Waals surface area contributed by atoms with Crippen LogP contribution in [-0.2, 0) is 5.54 Å². The van der Waals surface area contributed by atoms with Gasteiger partial charge in [-0.05, 0) is 31.5 Å². The van der Waals surface area contributed by atoms with E-state index >= 15 is 0 Å². The van der Waals surface area contributed by atoms with Crippen molar-refractivity contribution in [1.82, 2.24) is 4.98 Å². The number of fused-ring (bicyclic) bond motifs is 1. The monoisotopic (exact) mass is 497 g/mol. The number of nitrogens with two attached hydrogens (primary N) is 1. The molecule has 1 aromatic heterocycles. The van der Waals surface area contributed by atoms with E-state index in [1.165, 1.54) is 6.07 Å². The number of nitriles is 1. The molecule has 2 heterocycles. The van der Waals surface area contributed by atoms with Gasteiger partial charge in [-0.1, -0.05) is 11.8 Å². The van der Waals surface area contributed by atoms with E-state index in [0.29, 0.717) is 6.42 Å². The van der Waals surface area contributed by atoms with Gasteiger partial charge < -0.3 is 15.8 Å². The van der Waals surface area contributed by atoms with Crippen LogP contribution >= 0.6 is 11.8 Å². The standard InChI is InChI=1S/C21H16F5N5O2S/c1-19(15-6-20(15,8-27)34-18(28)31-19)12-4-10(5-13(22)16(12)23)30-17(32)14-3-2-11(7-29-14)33-9-21(24,25)26/h2-5,7,15H,6,9H2,1H3,(H2,28,31)(H,30,32)/t15-,19-,20+/m0/s1. The molecule has 13 heteroatoms. The molecule has 7 nitrogen and oxygen atoms in total. The Morgan fingerprint density at radius 1 is 1.38 bits per heavy atom. The summed E-state index contributed by atoms with van der Waals surface area (Å²) < 4.78 is 69.7. The number of nitrogens with zero attached hydrogens (tertiary/aromatic N) is 3. The van der Waals surface area contributed by atoms with Crippen molar-refractivity contribution in [2.45, 2.75) is 29.8 Å². The highest BCUT2D eigenvalue weighted by Gasteiger charge is 2.67. The number of ether oxygens (including phenoxy) is 1. The first kappa shape index (κ1) is 23.7. The number of aromatic nitrogens is 1. The maximum atomic E-state index is 14.8. The van der Waals surface area contributed by atoms with E-state index in [1.54, 1.807) is 6.92 Å². The van der Waals surface area contributed by atoms with Crippen LogP contribution in [0.2, 0.25) is 0 Å². The molecule has 178 valence electrons. The van der Waals surface area contributed by atoms with E-state index in [4.69, 9.17) is 5.73 Å². The average molecular weight is 497 g/mol. The number of anilines is 1. The second kappa shape index (κ2) is 8.12. The van der Waals surface area contributed by atoms with Gasteiger partial charge in [0.05, 0.1) is 17.8 Å². The number of amidine groups is 1. The average Bonchev–Trinajstić information content (AvgIpc) is 3.50. The zero-order chi connectivity index (χ0) is 24.9. The number of hydrogen-bond acceptors (Lipinski definition) is 7. The van der Waals surface area contributed by atoms with Gasteiger partial charge in [-0.15, -0.1) is 0 Å². The molecular weight excluding hydrogens is 481 g/mol. The number of alkyl halides is 3. The number of pyridine rings is 1. The number of aliphatic imine (C=N–C) groups is 1. The summed E-state index contributed by atoms with van der Waals surface area (Å²) in [6.07, 6.45) is -3.21. The molecule has 34 heavy (non-hydrogen) atoms. The van der Waals surface area contributed by atoms with Crippen molar-refractivity contribution in [2.24, 2.45) is 16.6 Å². The summed E-state index contributed by atoms with van der Waals surface area (Å²) in [5.74, 6) is -3.84. The summed E-state index contributed by atoms with van der Waals surface area (Å²) in [6, 6.07) is 6.40. The molecule has 0 spiro atoms. The molecule has 1 aliphatic carbocycles. The predicted molar refractivity (Wildman–Crippen MR) is 113 cm³/mol. The summed E-state index contributed by atoms with van der Waals surface area (Å²) in [4.78, 5) is 20.6. The van der Waals surface area contributed by atoms with Gasteiger partial charge in [-0.2, -0.15) is 18.4 Å². The minimum atomic E-state index is -4.53. The van der Waals surface area contributed by atoms with E-state index in [2.05, 4.69) is 26.1 Å². The SMILES string of the molecule is C[C@@]1(c2cc(NC(=O)c3ccc(OCC(F)(F)F)cn3)cc(F)c2F)N=C(N)S[C@@]2(C#N)C[C@@H]12. The molecule has 4 rings (SSSR count). The van der Waals surface area contributed by atoms with Crippen molar-refractivity contribution >= 4 is 28.5 Å². The lowest BCUT2D eigenvalue weighted by Gasteiger charge is -2.32. The van der Waals surface area contributed by atoms with Crippen LogP contribution in [0.4, 0.5) is 27.6 Å². The third-order valence-electron chi connectivity index (χ3n) is 5.61. The van der Waals surface area contributed by atoms with Crippen molar-refractivity contribution < 1.29 is 31.5 Å². The summed E-state index contributed by atoms with van der Waals surface area (Å²) in [5, 5.41) is 12.0. The number of amides is 1. The van der Waals surface area contributed by atoms with Crippen LogP contribution in [0.5, 0.6) is 5.75 Å². The molecule has 1 aliphatic heterocycles. The first-order chi connectivity index (χ1) is 15.9. The van der Waals surface area contributed by atoms with Gasteiger partial charge in [-0.25, -0.2) is 13.8 Å². The molecule has 0 saturated heterocycles. The Balaban J connectivity index is 1.57. The first-order valence-electron chi connectivity index (χ1n) is 9.79. The maximum absolute atomic E-state index is 14.8. The Bertz CT molecular complexity index is 1230. The topological polar surface area (TPSA) is 113 Å². The minimum absolute atomic E-state index is 0.0732. The van der Waals surface area contributed by atoms with Crippen molar-refractivity contribution in [3.05, 3.63) is 53.4 Å². The van der Waals surface area contributed by atoms with Crippen LogP contribution < -0.4 is 15.8 Å². The number of halogens is 5. The molecule has 0 bridgehead atoms. The predicted octanol–water partition coefficient (Wildman–Crippen LogP) is 4.11. The normalized spacial score (nSPS) is 25.6. The summed E-state index contributed by atoms with van der Waals surface area (Å²) >= 11 is 1.09. The van der Waals surface area contributed by atoms with Crippen LogP contribution in [0.3, 0.4) is 0 Å². The zero-order valence-corrected chi connectivity index (χ0v) is 18.2. The zero-order valence-electron chi connectivity index (χ0n) is 17.4. The summed E-state index contributed by atoms with van der Waals surface area (Å²) in [7, 11) is 0. The fourth-order valence-corrected chi connectivity index (χ4v) is 5.19. The lowest BCUT2D eigenvalue weighted by Crippen LogP contribution is -2.35. The molecule has 0 radical (unpaired) electrons. The quantitative estimate of drug-likeness (QED) is 0.601. The fraction of sp³-hybridized carbons (Fsp3) is 0.333. The molecule has 2 aromatic rings. The number of carbonyl (C=O) groups excluding carboxylic acids is 1. The van der Waals surface area contributed by atoms with E-state index < -0.39 is 46.5 Å². The third-order valence-corrected chi connectivity index (χ3v) is 6.82. The van der Waals surface area contributed by atoms with Gasteiger partial charge in [0.1, 0.15) is 16.2 Å². The van der Waals surface area contributed by atoms with E-state index in [0.717, 1.165) is 36.2 Å². The lowest BCUT2D eigenvalue weighted by molar-refractivity contribution is -0.153. The number of hydrogen-bond donors (Lipinski definition) is 2. The number of rotatable bonds is 5. The molecular formula is C21H16F5N5O2S. The lowest BCUT2D eigenvalue weighted by atomic mass is 9.85. The van der Waals surface area contributed by atoms with Crippen LogP contribution in [-0.4, -0.2) is 33.6 Å². The van der Waals surface area contributed by atoms with Crippen molar-refractivity contribution in [1.29, 1.82) is 5.26 Å². The number of nitrogens with one attached hydrogen (secondary N) is 1. The Morgan fingerprint density at radius 2 is 2.12 bits per heavy atom. The van der Waals surface area contributed by atoms with Crippen molar-refractivity contribution in [3.63, 3.8) is 0 Å². The second-order valence-electron chi connectivity index (χ2n) is 8.01. The molecule has 2 aliphatic rings. The van der Waals surface area contributed by atoms with E-state index in [9.17, 15) is 32.0 Å². The Labute approximate surface area is 194 Å². The van der Waals surface area contributed by atoms with Crippen LogP contribution in [0, 0.1) is 28.9 Å². The van der Waals surface area contributed by atoms with Crippen LogP contribution in [0.1, 0.15) is 29.4 Å². The van der Waals surface area contributed by atoms with Gasteiger partial charge in [0, 0.05) is 23.2 Å². The molecule has 0 unspecified atom stereocenters. The first-order valence-corrected chi connectivity index (χ1v) is 10.6. The highest BCUT2D eigenvalue weighted by atomic mass is 32.2. The molecule has 3 N–H and O–H groups in total. The Morgan fingerprint density at radius 3 is 2.74 bits per heavy atom. The molecule has 1 amide bonds. The summed E-state index contributed by atoms with van der Waals surface area (Å²) in [6.45, 7) is 0.0320. The van der Waals surface area contributed by atoms with Gasteiger partial charge >= 0.3 is 6.18 Å². The third kappa shape index (κ3) is 4.37. The van der Waals surface area contributed by atoms with Crippen LogP contribution in [0.25, 0.3) is 0 Å². The fourth-order valence-electron chi connectivity index (χ4n) is 3.91. The minimum Gasteiger partial charge on any atom is -0.483 e. The number of thioether (sulfide) groups is 1. The molecule has 1 fully saturated rings. The second-order valence-corrected chi connectivity index (χ2v) is 9.37. The van der Waals surface area contributed by atoms with Crippen molar-refractivity contribution in [3.8, 4) is 11.8 Å². The molecule has 1 aromatic carbocycles. The highest BCUT2D eigenvalue weighted by Crippen LogP contribution is 2.65. The van der Waals surface area contributed by atoms with Gasteiger partial charge in [0.25, 0.3) is 5.91 Å². The van der Waals surface area contributed by atoms with E-state index in [1.807, 2.05) is 0 Å².